The highest BCUT2D eigenvalue weighted by Crippen LogP contribution is 2.19. The molecule has 0 spiro atoms. The molecule has 1 N–H and O–H groups in total. The highest BCUT2D eigenvalue weighted by Gasteiger charge is 2.23. The first-order valence-electron chi connectivity index (χ1n) is 6.18. The summed E-state index contributed by atoms with van der Waals surface area (Å²) in [4.78, 5) is 13.8. The van der Waals surface area contributed by atoms with E-state index < -0.39 is 0 Å². The van der Waals surface area contributed by atoms with E-state index in [1.807, 2.05) is 0 Å². The molecule has 1 aliphatic heterocycles. The van der Waals surface area contributed by atoms with Crippen LogP contribution in [0.3, 0.4) is 0 Å². The lowest BCUT2D eigenvalue weighted by atomic mass is 10.1. The predicted octanol–water partition coefficient (Wildman–Crippen LogP) is 0.869. The number of esters is 1. The number of likely N-dealkylation sites (tertiary alicyclic amines) is 1. The second kappa shape index (κ2) is 6.86. The Bertz CT molecular complexity index is 221. The number of carbonyl (C=O) groups is 1. The summed E-state index contributed by atoms with van der Waals surface area (Å²) in [5.74, 6) is 0.694. The molecule has 2 atom stereocenters. The second-order valence-electron chi connectivity index (χ2n) is 4.52. The number of rotatable bonds is 6. The first-order chi connectivity index (χ1) is 7.71. The minimum absolute atomic E-state index is 0.159. The van der Waals surface area contributed by atoms with Gasteiger partial charge in [0.05, 0.1) is 7.11 Å². The van der Waals surface area contributed by atoms with Crippen LogP contribution in [0, 0.1) is 5.92 Å². The Morgan fingerprint density at radius 1 is 1.62 bits per heavy atom. The van der Waals surface area contributed by atoms with Crippen molar-refractivity contribution in [2.45, 2.75) is 32.2 Å². The van der Waals surface area contributed by atoms with Crippen LogP contribution in [0.2, 0.25) is 0 Å². The smallest absolute Gasteiger partial charge is 0.322 e. The normalized spacial score (nSPS) is 23.3. The summed E-state index contributed by atoms with van der Waals surface area (Å²) < 4.78 is 4.74. The average molecular weight is 228 g/mol. The zero-order valence-electron chi connectivity index (χ0n) is 10.7. The highest BCUT2D eigenvalue weighted by atomic mass is 16.5. The van der Waals surface area contributed by atoms with Gasteiger partial charge in [-0.3, -0.25) is 4.79 Å². The van der Waals surface area contributed by atoms with Gasteiger partial charge in [-0.05, 0) is 32.4 Å². The maximum absolute atomic E-state index is 11.4. The minimum Gasteiger partial charge on any atom is -0.468 e. The maximum atomic E-state index is 11.4. The molecule has 0 radical (unpaired) electrons. The summed E-state index contributed by atoms with van der Waals surface area (Å²) in [6, 6.07) is -0.161. The van der Waals surface area contributed by atoms with Crippen LogP contribution in [0.5, 0.6) is 0 Å². The fourth-order valence-electron chi connectivity index (χ4n) is 2.28. The fraction of sp³-hybridized carbons (Fsp3) is 0.917. The summed E-state index contributed by atoms with van der Waals surface area (Å²) >= 11 is 0. The molecule has 0 saturated carbocycles. The molecule has 94 valence electrons. The number of hydrogen-bond acceptors (Lipinski definition) is 4. The summed E-state index contributed by atoms with van der Waals surface area (Å²) in [7, 11) is 3.25. The Kier molecular flexibility index (Phi) is 5.77. The van der Waals surface area contributed by atoms with Crippen LogP contribution in [-0.2, 0) is 9.53 Å². The lowest BCUT2D eigenvalue weighted by Crippen LogP contribution is -2.38. The minimum atomic E-state index is -0.161. The first kappa shape index (κ1) is 13.5. The summed E-state index contributed by atoms with van der Waals surface area (Å²) in [6.07, 6.45) is 3.40. The molecule has 1 rings (SSSR count). The van der Waals surface area contributed by atoms with Crippen molar-refractivity contribution in [3.05, 3.63) is 0 Å². The molecule has 0 amide bonds. The topological polar surface area (TPSA) is 41.6 Å². The first-order valence-corrected chi connectivity index (χ1v) is 6.18. The monoisotopic (exact) mass is 228 g/mol. The largest absolute Gasteiger partial charge is 0.468 e. The number of ether oxygens (including phenoxy) is 1. The third-order valence-electron chi connectivity index (χ3n) is 3.52. The molecule has 0 bridgehead atoms. The molecule has 4 nitrogen and oxygen atoms in total. The van der Waals surface area contributed by atoms with Gasteiger partial charge in [0.15, 0.2) is 0 Å². The van der Waals surface area contributed by atoms with Crippen molar-refractivity contribution in [3.63, 3.8) is 0 Å². The summed E-state index contributed by atoms with van der Waals surface area (Å²) in [5, 5.41) is 3.00. The van der Waals surface area contributed by atoms with Crippen molar-refractivity contribution in [1.82, 2.24) is 10.2 Å². The third kappa shape index (κ3) is 3.76. The van der Waals surface area contributed by atoms with E-state index in [2.05, 4.69) is 17.1 Å². The zero-order valence-corrected chi connectivity index (χ0v) is 10.7. The van der Waals surface area contributed by atoms with E-state index in [4.69, 9.17) is 4.74 Å². The summed E-state index contributed by atoms with van der Waals surface area (Å²) in [5.41, 5.74) is 0. The van der Waals surface area contributed by atoms with E-state index in [-0.39, 0.29) is 12.0 Å². The van der Waals surface area contributed by atoms with E-state index in [1.54, 1.807) is 7.05 Å². The average Bonchev–Trinajstić information content (AvgIpc) is 2.77. The number of hydrogen-bond donors (Lipinski definition) is 1. The Balaban J connectivity index is 2.25. The van der Waals surface area contributed by atoms with E-state index in [9.17, 15) is 4.79 Å². The second-order valence-corrected chi connectivity index (χ2v) is 4.52. The lowest BCUT2D eigenvalue weighted by molar-refractivity contribution is -0.143. The quantitative estimate of drug-likeness (QED) is 0.685. The van der Waals surface area contributed by atoms with Crippen molar-refractivity contribution >= 4 is 5.97 Å². The highest BCUT2D eigenvalue weighted by molar-refractivity contribution is 5.75. The van der Waals surface area contributed by atoms with E-state index in [0.29, 0.717) is 0 Å². The molecule has 2 unspecified atom stereocenters. The van der Waals surface area contributed by atoms with Crippen LogP contribution in [0.4, 0.5) is 0 Å². The Labute approximate surface area is 98.3 Å². The number of nitrogens with zero attached hydrogens (tertiary/aromatic N) is 1. The molecule has 0 aliphatic carbocycles. The molecule has 0 aromatic heterocycles. The number of likely N-dealkylation sites (N-methyl/N-ethyl adjacent to an activating group) is 1. The van der Waals surface area contributed by atoms with Crippen molar-refractivity contribution in [2.75, 3.05) is 33.8 Å². The van der Waals surface area contributed by atoms with Gasteiger partial charge in [0.2, 0.25) is 0 Å². The standard InChI is InChI=1S/C12H24N2O2/c1-4-10-5-7-14(9-10)8-6-11(13-2)12(15)16-3/h10-11,13H,4-9H2,1-3H3. The molecule has 1 heterocycles. The van der Waals surface area contributed by atoms with Crippen molar-refractivity contribution < 1.29 is 9.53 Å². The van der Waals surface area contributed by atoms with Crippen molar-refractivity contribution in [2.24, 2.45) is 5.92 Å². The van der Waals surface area contributed by atoms with Gasteiger partial charge >= 0.3 is 5.97 Å². The van der Waals surface area contributed by atoms with Gasteiger partial charge in [-0.1, -0.05) is 13.3 Å². The lowest BCUT2D eigenvalue weighted by Gasteiger charge is -2.19. The van der Waals surface area contributed by atoms with E-state index in [1.165, 1.54) is 33.0 Å². The summed E-state index contributed by atoms with van der Waals surface area (Å²) in [6.45, 7) is 5.60. The maximum Gasteiger partial charge on any atom is 0.322 e. The van der Waals surface area contributed by atoms with Gasteiger partial charge in [0.25, 0.3) is 0 Å². The van der Waals surface area contributed by atoms with Crippen LogP contribution in [0.1, 0.15) is 26.2 Å². The third-order valence-corrected chi connectivity index (χ3v) is 3.52. The molecule has 1 saturated heterocycles. The van der Waals surface area contributed by atoms with E-state index >= 15 is 0 Å². The van der Waals surface area contributed by atoms with Crippen LogP contribution >= 0.6 is 0 Å². The fourth-order valence-corrected chi connectivity index (χ4v) is 2.28. The molecular formula is C12H24N2O2. The van der Waals surface area contributed by atoms with Gasteiger partial charge in [0.1, 0.15) is 6.04 Å². The van der Waals surface area contributed by atoms with Crippen molar-refractivity contribution in [3.8, 4) is 0 Å². The molecule has 1 aliphatic rings. The zero-order chi connectivity index (χ0) is 12.0. The Morgan fingerprint density at radius 3 is 2.88 bits per heavy atom. The van der Waals surface area contributed by atoms with Crippen LogP contribution in [0.25, 0.3) is 0 Å². The SMILES string of the molecule is CCC1CCN(CCC(NC)C(=O)OC)C1. The molecule has 4 heteroatoms. The molecule has 16 heavy (non-hydrogen) atoms. The molecule has 1 fully saturated rings. The Hall–Kier alpha value is -0.610. The van der Waals surface area contributed by atoms with Gasteiger partial charge in [-0.15, -0.1) is 0 Å². The van der Waals surface area contributed by atoms with Gasteiger partial charge < -0.3 is 15.0 Å². The molecular weight excluding hydrogens is 204 g/mol. The van der Waals surface area contributed by atoms with Gasteiger partial charge in [-0.25, -0.2) is 0 Å². The number of carbonyl (C=O) groups excluding carboxylic acids is 1. The van der Waals surface area contributed by atoms with Crippen molar-refractivity contribution in [1.29, 1.82) is 0 Å². The van der Waals surface area contributed by atoms with E-state index in [0.717, 1.165) is 18.9 Å². The van der Waals surface area contributed by atoms with Crippen LogP contribution in [-0.4, -0.2) is 50.7 Å². The number of nitrogens with one attached hydrogen (secondary N) is 1. The van der Waals surface area contributed by atoms with Gasteiger partial charge in [-0.2, -0.15) is 0 Å². The van der Waals surface area contributed by atoms with Crippen LogP contribution in [0.15, 0.2) is 0 Å². The predicted molar refractivity (Wildman–Crippen MR) is 64.3 cm³/mol. The molecule has 0 aromatic carbocycles. The number of methoxy groups -OCH3 is 1. The Morgan fingerprint density at radius 2 is 2.38 bits per heavy atom. The molecule has 0 aromatic rings. The van der Waals surface area contributed by atoms with Gasteiger partial charge in [0, 0.05) is 13.1 Å². The van der Waals surface area contributed by atoms with Crippen LogP contribution < -0.4 is 5.32 Å².